The van der Waals surface area contributed by atoms with Gasteiger partial charge in [0.15, 0.2) is 0 Å². The Labute approximate surface area is 117 Å². The number of rotatable bonds is 6. The predicted octanol–water partition coefficient (Wildman–Crippen LogP) is 1.30. The maximum atomic E-state index is 11.9. The zero-order valence-electron chi connectivity index (χ0n) is 11.5. The fourth-order valence-corrected chi connectivity index (χ4v) is 1.90. The van der Waals surface area contributed by atoms with Crippen LogP contribution in [0.3, 0.4) is 0 Å². The van der Waals surface area contributed by atoms with Crippen molar-refractivity contribution in [1.82, 2.24) is 0 Å². The summed E-state index contributed by atoms with van der Waals surface area (Å²) in [4.78, 5) is 34.3. The highest BCUT2D eigenvalue weighted by atomic mass is 16.6. The first-order chi connectivity index (χ1) is 9.60. The third-order valence-corrected chi connectivity index (χ3v) is 2.87. The Balaban J connectivity index is 2.55. The topological polar surface area (TPSA) is 78.9 Å². The Morgan fingerprint density at radius 2 is 1.60 bits per heavy atom. The van der Waals surface area contributed by atoms with E-state index in [0.29, 0.717) is 24.0 Å². The first-order valence-electron chi connectivity index (χ1n) is 6.36. The van der Waals surface area contributed by atoms with E-state index in [2.05, 4.69) is 16.1 Å². The zero-order chi connectivity index (χ0) is 15.0. The maximum absolute atomic E-state index is 11.9. The molecule has 110 valence electrons. The summed E-state index contributed by atoms with van der Waals surface area (Å²) in [5.74, 6) is -1.62. The summed E-state index contributed by atoms with van der Waals surface area (Å²) >= 11 is 0. The molecule has 0 fully saturated rings. The van der Waals surface area contributed by atoms with Crippen molar-refractivity contribution in [3.05, 3.63) is 23.8 Å². The second-order valence-electron chi connectivity index (χ2n) is 4.16. The lowest BCUT2D eigenvalue weighted by atomic mass is 9.92. The molecule has 1 aliphatic rings. The molecule has 6 nitrogen and oxygen atoms in total. The molecule has 0 atom stereocenters. The number of methoxy groups -OCH3 is 1. The van der Waals surface area contributed by atoms with Gasteiger partial charge >= 0.3 is 17.9 Å². The average molecular weight is 282 g/mol. The standard InChI is InChI=1S/C14H18O6/c1-3-12(15)19-8-9-20-14(17)11-7-5-4-6-10(11)13(16)18-2/h3H,1,4-9H2,2H3. The SMILES string of the molecule is C=CC(=O)OCCOC(=O)C1=C(C(=O)OC)CCCC1. The fraction of sp³-hybridized carbons (Fsp3) is 0.500. The lowest BCUT2D eigenvalue weighted by molar-refractivity contribution is -0.147. The lowest BCUT2D eigenvalue weighted by Crippen LogP contribution is -2.20. The molecule has 0 saturated heterocycles. The highest BCUT2D eigenvalue weighted by Crippen LogP contribution is 2.26. The van der Waals surface area contributed by atoms with Crippen LogP contribution in [-0.4, -0.2) is 38.2 Å². The Morgan fingerprint density at radius 3 is 2.15 bits per heavy atom. The molecule has 20 heavy (non-hydrogen) atoms. The van der Waals surface area contributed by atoms with Crippen LogP contribution in [0.15, 0.2) is 23.8 Å². The van der Waals surface area contributed by atoms with E-state index >= 15 is 0 Å². The highest BCUT2D eigenvalue weighted by molar-refractivity contribution is 6.00. The fourth-order valence-electron chi connectivity index (χ4n) is 1.90. The molecular weight excluding hydrogens is 264 g/mol. The van der Waals surface area contributed by atoms with E-state index in [1.807, 2.05) is 0 Å². The van der Waals surface area contributed by atoms with Gasteiger partial charge in [-0.25, -0.2) is 14.4 Å². The summed E-state index contributed by atoms with van der Waals surface area (Å²) in [6, 6.07) is 0. The quantitative estimate of drug-likeness (QED) is 0.316. The van der Waals surface area contributed by atoms with E-state index in [-0.39, 0.29) is 13.2 Å². The van der Waals surface area contributed by atoms with Crippen molar-refractivity contribution in [2.24, 2.45) is 0 Å². The zero-order valence-corrected chi connectivity index (χ0v) is 11.5. The van der Waals surface area contributed by atoms with Crippen molar-refractivity contribution in [1.29, 1.82) is 0 Å². The summed E-state index contributed by atoms with van der Waals surface area (Å²) in [6.07, 6.45) is 3.72. The van der Waals surface area contributed by atoms with Crippen molar-refractivity contribution < 1.29 is 28.6 Å². The van der Waals surface area contributed by atoms with Gasteiger partial charge in [-0.1, -0.05) is 6.58 Å². The van der Waals surface area contributed by atoms with Crippen LogP contribution >= 0.6 is 0 Å². The van der Waals surface area contributed by atoms with Crippen molar-refractivity contribution in [3.63, 3.8) is 0 Å². The molecular formula is C14H18O6. The molecule has 0 aromatic heterocycles. The van der Waals surface area contributed by atoms with Crippen LogP contribution in [0.1, 0.15) is 25.7 Å². The Bertz CT molecular complexity index is 435. The van der Waals surface area contributed by atoms with Crippen LogP contribution in [0.5, 0.6) is 0 Å². The van der Waals surface area contributed by atoms with Gasteiger partial charge in [-0.2, -0.15) is 0 Å². The smallest absolute Gasteiger partial charge is 0.334 e. The van der Waals surface area contributed by atoms with E-state index in [1.165, 1.54) is 7.11 Å². The summed E-state index contributed by atoms with van der Waals surface area (Å²) < 4.78 is 14.3. The molecule has 0 aromatic rings. The second-order valence-corrected chi connectivity index (χ2v) is 4.16. The largest absolute Gasteiger partial charge is 0.466 e. The van der Waals surface area contributed by atoms with E-state index in [1.54, 1.807) is 0 Å². The van der Waals surface area contributed by atoms with Crippen LogP contribution in [-0.2, 0) is 28.6 Å². The van der Waals surface area contributed by atoms with Crippen LogP contribution in [0, 0.1) is 0 Å². The van der Waals surface area contributed by atoms with Gasteiger partial charge in [0.1, 0.15) is 13.2 Å². The number of carbonyl (C=O) groups is 3. The van der Waals surface area contributed by atoms with E-state index in [4.69, 9.17) is 4.74 Å². The minimum atomic E-state index is -0.576. The first kappa shape index (κ1) is 15.9. The third kappa shape index (κ3) is 4.53. The van der Waals surface area contributed by atoms with Gasteiger partial charge in [-0.15, -0.1) is 0 Å². The van der Waals surface area contributed by atoms with E-state index in [0.717, 1.165) is 18.9 Å². The number of hydrogen-bond donors (Lipinski definition) is 0. The third-order valence-electron chi connectivity index (χ3n) is 2.87. The summed E-state index contributed by atoms with van der Waals surface area (Å²) in [5, 5.41) is 0. The average Bonchev–Trinajstić information content (AvgIpc) is 2.50. The molecule has 0 heterocycles. The molecule has 0 spiro atoms. The first-order valence-corrected chi connectivity index (χ1v) is 6.36. The molecule has 0 amide bonds. The molecule has 1 rings (SSSR count). The Kier molecular flexibility index (Phi) is 6.49. The molecule has 0 saturated carbocycles. The number of carbonyl (C=O) groups excluding carboxylic acids is 3. The molecule has 0 unspecified atom stereocenters. The minimum Gasteiger partial charge on any atom is -0.466 e. The van der Waals surface area contributed by atoms with Gasteiger partial charge < -0.3 is 14.2 Å². The van der Waals surface area contributed by atoms with Crippen molar-refractivity contribution in [2.75, 3.05) is 20.3 Å². The molecule has 0 bridgehead atoms. The second kappa shape index (κ2) is 8.14. The number of hydrogen-bond acceptors (Lipinski definition) is 6. The number of ether oxygens (including phenoxy) is 3. The Hall–Kier alpha value is -2.11. The van der Waals surface area contributed by atoms with Crippen LogP contribution in [0.2, 0.25) is 0 Å². The van der Waals surface area contributed by atoms with Gasteiger partial charge in [0, 0.05) is 17.2 Å². The van der Waals surface area contributed by atoms with Gasteiger partial charge in [-0.3, -0.25) is 0 Å². The van der Waals surface area contributed by atoms with Crippen molar-refractivity contribution in [3.8, 4) is 0 Å². The van der Waals surface area contributed by atoms with Gasteiger partial charge in [0.05, 0.1) is 7.11 Å². The van der Waals surface area contributed by atoms with E-state index in [9.17, 15) is 14.4 Å². The predicted molar refractivity (Wildman–Crippen MR) is 69.6 cm³/mol. The van der Waals surface area contributed by atoms with Crippen LogP contribution < -0.4 is 0 Å². The molecule has 0 radical (unpaired) electrons. The molecule has 1 aliphatic carbocycles. The molecule has 0 aliphatic heterocycles. The highest BCUT2D eigenvalue weighted by Gasteiger charge is 2.25. The van der Waals surface area contributed by atoms with Gasteiger partial charge in [0.25, 0.3) is 0 Å². The normalized spacial score (nSPS) is 14.4. The van der Waals surface area contributed by atoms with Crippen LogP contribution in [0.25, 0.3) is 0 Å². The van der Waals surface area contributed by atoms with Crippen molar-refractivity contribution >= 4 is 17.9 Å². The van der Waals surface area contributed by atoms with E-state index < -0.39 is 17.9 Å². The number of esters is 3. The van der Waals surface area contributed by atoms with Gasteiger partial charge in [0.2, 0.25) is 0 Å². The molecule has 0 aromatic carbocycles. The maximum Gasteiger partial charge on any atom is 0.334 e. The van der Waals surface area contributed by atoms with Gasteiger partial charge in [-0.05, 0) is 25.7 Å². The summed E-state index contributed by atoms with van der Waals surface area (Å²) in [6.45, 7) is 3.14. The minimum absolute atomic E-state index is 0.0442. The summed E-state index contributed by atoms with van der Waals surface area (Å²) in [5.41, 5.74) is 0.741. The van der Waals surface area contributed by atoms with Crippen molar-refractivity contribution in [2.45, 2.75) is 25.7 Å². The lowest BCUT2D eigenvalue weighted by Gasteiger charge is -2.17. The molecule has 0 N–H and O–H groups in total. The monoisotopic (exact) mass is 282 g/mol. The summed E-state index contributed by atoms with van der Waals surface area (Å²) in [7, 11) is 1.28. The Morgan fingerprint density at radius 1 is 1.05 bits per heavy atom. The van der Waals surface area contributed by atoms with Crippen LogP contribution in [0.4, 0.5) is 0 Å². The molecule has 6 heteroatoms.